The summed E-state index contributed by atoms with van der Waals surface area (Å²) < 4.78 is 6.36. The number of rotatable bonds is 4. The SMILES string of the molecule is CC1CCN(C(=O)COC(=O)c2ccc(-c3nc4ccccc4s3)s2)CC1. The number of nitrogens with zero attached hydrogens (tertiary/aromatic N) is 2. The number of carbonyl (C=O) groups is 2. The maximum atomic E-state index is 12.3. The number of thiophene rings is 1. The van der Waals surface area contributed by atoms with E-state index in [0.29, 0.717) is 10.8 Å². The van der Waals surface area contributed by atoms with Crippen molar-refractivity contribution < 1.29 is 14.3 Å². The van der Waals surface area contributed by atoms with Gasteiger partial charge in [-0.05, 0) is 43.0 Å². The van der Waals surface area contributed by atoms with Crippen molar-refractivity contribution in [2.45, 2.75) is 19.8 Å². The van der Waals surface area contributed by atoms with Gasteiger partial charge in [-0.3, -0.25) is 4.79 Å². The van der Waals surface area contributed by atoms with Crippen LogP contribution in [0.4, 0.5) is 0 Å². The standard InChI is InChI=1S/C20H20N2O3S2/c1-13-8-10-22(11-9-13)18(23)12-25-20(24)17-7-6-16(26-17)19-21-14-4-2-3-5-15(14)27-19/h2-7,13H,8-12H2,1H3. The second-order valence-electron chi connectivity index (χ2n) is 6.79. The minimum atomic E-state index is -0.453. The fourth-order valence-corrected chi connectivity index (χ4v) is 5.01. The minimum absolute atomic E-state index is 0.113. The van der Waals surface area contributed by atoms with Crippen LogP contribution < -0.4 is 0 Å². The molecule has 3 heterocycles. The predicted octanol–water partition coefficient (Wildman–Crippen LogP) is 4.44. The molecule has 27 heavy (non-hydrogen) atoms. The molecule has 0 atom stereocenters. The number of carbonyl (C=O) groups excluding carboxylic acids is 2. The predicted molar refractivity (Wildman–Crippen MR) is 108 cm³/mol. The van der Waals surface area contributed by atoms with Crippen LogP contribution in [-0.2, 0) is 9.53 Å². The van der Waals surface area contributed by atoms with Crippen LogP contribution >= 0.6 is 22.7 Å². The van der Waals surface area contributed by atoms with Gasteiger partial charge in [0.25, 0.3) is 5.91 Å². The Balaban J connectivity index is 1.38. The van der Waals surface area contributed by atoms with E-state index in [4.69, 9.17) is 4.74 Å². The Bertz CT molecular complexity index is 937. The third-order valence-corrected chi connectivity index (χ3v) is 7.05. The van der Waals surface area contributed by atoms with E-state index in [1.54, 1.807) is 22.3 Å². The largest absolute Gasteiger partial charge is 0.451 e. The number of esters is 1. The Morgan fingerprint density at radius 2 is 1.93 bits per heavy atom. The van der Waals surface area contributed by atoms with Crippen LogP contribution in [0, 0.1) is 5.92 Å². The molecule has 0 saturated carbocycles. The maximum Gasteiger partial charge on any atom is 0.348 e. The Kier molecular flexibility index (Phi) is 5.22. The van der Waals surface area contributed by atoms with Crippen molar-refractivity contribution in [1.29, 1.82) is 0 Å². The summed E-state index contributed by atoms with van der Waals surface area (Å²) in [5.74, 6) is 0.0907. The van der Waals surface area contributed by atoms with Gasteiger partial charge in [-0.25, -0.2) is 9.78 Å². The molecule has 3 aromatic rings. The maximum absolute atomic E-state index is 12.3. The average molecular weight is 401 g/mol. The van der Waals surface area contributed by atoms with Gasteiger partial charge in [-0.15, -0.1) is 22.7 Å². The zero-order valence-electron chi connectivity index (χ0n) is 15.0. The summed E-state index contributed by atoms with van der Waals surface area (Å²) in [6.07, 6.45) is 2.02. The average Bonchev–Trinajstić information content (AvgIpc) is 3.33. The van der Waals surface area contributed by atoms with E-state index in [2.05, 4.69) is 11.9 Å². The summed E-state index contributed by atoms with van der Waals surface area (Å²) >= 11 is 2.94. The Hall–Kier alpha value is -2.25. The molecule has 4 rings (SSSR count). The van der Waals surface area contributed by atoms with Crippen LogP contribution in [0.15, 0.2) is 36.4 Å². The van der Waals surface area contributed by atoms with Crippen molar-refractivity contribution in [1.82, 2.24) is 9.88 Å². The summed E-state index contributed by atoms with van der Waals surface area (Å²) in [5, 5.41) is 0.888. The number of likely N-dealkylation sites (tertiary alicyclic amines) is 1. The lowest BCUT2D eigenvalue weighted by Gasteiger charge is -2.30. The van der Waals surface area contributed by atoms with E-state index < -0.39 is 5.97 Å². The number of aromatic nitrogens is 1. The van der Waals surface area contributed by atoms with Crippen molar-refractivity contribution in [3.63, 3.8) is 0 Å². The Morgan fingerprint density at radius 3 is 2.70 bits per heavy atom. The van der Waals surface area contributed by atoms with Gasteiger partial charge in [-0.1, -0.05) is 19.1 Å². The van der Waals surface area contributed by atoms with Crippen LogP contribution in [0.25, 0.3) is 20.1 Å². The molecule has 1 amide bonds. The van der Waals surface area contributed by atoms with Gasteiger partial charge in [-0.2, -0.15) is 0 Å². The van der Waals surface area contributed by atoms with E-state index in [1.165, 1.54) is 11.3 Å². The number of para-hydroxylation sites is 1. The first-order valence-electron chi connectivity index (χ1n) is 9.01. The zero-order valence-corrected chi connectivity index (χ0v) is 16.6. The van der Waals surface area contributed by atoms with Gasteiger partial charge in [0.05, 0.1) is 15.1 Å². The molecule has 0 aliphatic carbocycles. The molecule has 0 bridgehead atoms. The zero-order chi connectivity index (χ0) is 18.8. The van der Waals surface area contributed by atoms with E-state index in [9.17, 15) is 9.59 Å². The van der Waals surface area contributed by atoms with Crippen LogP contribution in [0.1, 0.15) is 29.4 Å². The van der Waals surface area contributed by atoms with Gasteiger partial charge in [0.2, 0.25) is 0 Å². The Morgan fingerprint density at radius 1 is 1.15 bits per heavy atom. The smallest absolute Gasteiger partial charge is 0.348 e. The van der Waals surface area contributed by atoms with Gasteiger partial charge in [0.15, 0.2) is 6.61 Å². The van der Waals surface area contributed by atoms with Crippen LogP contribution in [0.3, 0.4) is 0 Å². The van der Waals surface area contributed by atoms with Gasteiger partial charge in [0.1, 0.15) is 9.88 Å². The van der Waals surface area contributed by atoms with Gasteiger partial charge in [0, 0.05) is 13.1 Å². The summed E-state index contributed by atoms with van der Waals surface area (Å²) in [6.45, 7) is 3.50. The fraction of sp³-hybridized carbons (Fsp3) is 0.350. The number of amides is 1. The molecular formula is C20H20N2O3S2. The number of thiazole rings is 1. The summed E-state index contributed by atoms with van der Waals surface area (Å²) in [5.41, 5.74) is 0.955. The van der Waals surface area contributed by atoms with Crippen molar-refractivity contribution >= 4 is 44.8 Å². The molecule has 1 aliphatic rings. The lowest BCUT2D eigenvalue weighted by molar-refractivity contribution is -0.135. The Labute approximate surface area is 165 Å². The highest BCUT2D eigenvalue weighted by atomic mass is 32.1. The van der Waals surface area contributed by atoms with Crippen LogP contribution in [-0.4, -0.2) is 41.5 Å². The van der Waals surface area contributed by atoms with Crippen molar-refractivity contribution in [2.24, 2.45) is 5.92 Å². The molecule has 0 spiro atoms. The molecule has 0 N–H and O–H groups in total. The number of hydrogen-bond donors (Lipinski definition) is 0. The molecule has 0 radical (unpaired) electrons. The summed E-state index contributed by atoms with van der Waals surface area (Å²) in [7, 11) is 0. The van der Waals surface area contributed by atoms with Crippen molar-refractivity contribution in [3.05, 3.63) is 41.3 Å². The first-order chi connectivity index (χ1) is 13.1. The minimum Gasteiger partial charge on any atom is -0.451 e. The van der Waals surface area contributed by atoms with E-state index in [0.717, 1.165) is 46.0 Å². The van der Waals surface area contributed by atoms with Gasteiger partial charge >= 0.3 is 5.97 Å². The molecule has 1 aliphatic heterocycles. The van der Waals surface area contributed by atoms with E-state index in [1.807, 2.05) is 30.3 Å². The number of fused-ring (bicyclic) bond motifs is 1. The molecule has 2 aromatic heterocycles. The molecule has 1 aromatic carbocycles. The number of ether oxygens (including phenoxy) is 1. The summed E-state index contributed by atoms with van der Waals surface area (Å²) in [4.78, 5) is 32.3. The number of hydrogen-bond acceptors (Lipinski definition) is 6. The molecule has 7 heteroatoms. The lowest BCUT2D eigenvalue weighted by atomic mass is 9.99. The highest BCUT2D eigenvalue weighted by Crippen LogP contribution is 2.34. The highest BCUT2D eigenvalue weighted by Gasteiger charge is 2.22. The second kappa shape index (κ2) is 7.78. The third-order valence-electron chi connectivity index (χ3n) is 4.77. The van der Waals surface area contributed by atoms with Crippen molar-refractivity contribution in [2.75, 3.05) is 19.7 Å². The third kappa shape index (κ3) is 4.04. The molecule has 5 nitrogen and oxygen atoms in total. The number of piperidine rings is 1. The quantitative estimate of drug-likeness (QED) is 0.608. The molecule has 1 saturated heterocycles. The number of benzene rings is 1. The molecular weight excluding hydrogens is 380 g/mol. The van der Waals surface area contributed by atoms with Crippen LogP contribution in [0.2, 0.25) is 0 Å². The monoisotopic (exact) mass is 400 g/mol. The normalized spacial score (nSPS) is 15.2. The summed E-state index contributed by atoms with van der Waals surface area (Å²) in [6, 6.07) is 11.6. The fourth-order valence-electron chi connectivity index (χ4n) is 3.09. The van der Waals surface area contributed by atoms with E-state index >= 15 is 0 Å². The molecule has 1 fully saturated rings. The second-order valence-corrected chi connectivity index (χ2v) is 8.90. The van der Waals surface area contributed by atoms with Crippen molar-refractivity contribution in [3.8, 4) is 9.88 Å². The lowest BCUT2D eigenvalue weighted by Crippen LogP contribution is -2.40. The topological polar surface area (TPSA) is 59.5 Å². The van der Waals surface area contributed by atoms with E-state index in [-0.39, 0.29) is 12.5 Å². The first-order valence-corrected chi connectivity index (χ1v) is 10.6. The first kappa shape index (κ1) is 18.1. The van der Waals surface area contributed by atoms with Crippen LogP contribution in [0.5, 0.6) is 0 Å². The molecule has 140 valence electrons. The van der Waals surface area contributed by atoms with Gasteiger partial charge < -0.3 is 9.64 Å². The highest BCUT2D eigenvalue weighted by molar-refractivity contribution is 7.26. The molecule has 0 unspecified atom stereocenters.